The minimum absolute atomic E-state index is 0.00299. The van der Waals surface area contributed by atoms with Crippen molar-refractivity contribution in [2.24, 2.45) is 5.92 Å². The minimum Gasteiger partial charge on any atom is -0.507 e. The number of carbonyl (C=O) groups is 2. The zero-order chi connectivity index (χ0) is 22.7. The largest absolute Gasteiger partial charge is 0.507 e. The molecule has 0 saturated heterocycles. The van der Waals surface area contributed by atoms with E-state index in [4.69, 9.17) is 25.5 Å². The molecular formula is C21H21ClN2O7. The maximum absolute atomic E-state index is 13.5. The van der Waals surface area contributed by atoms with Gasteiger partial charge in [-0.1, -0.05) is 18.5 Å². The Morgan fingerprint density at radius 3 is 2.65 bits per heavy atom. The Hall–Kier alpha value is -2.91. The predicted octanol–water partition coefficient (Wildman–Crippen LogP) is 3.38. The molecule has 2 aliphatic rings. The van der Waals surface area contributed by atoms with E-state index in [1.165, 1.54) is 19.9 Å². The summed E-state index contributed by atoms with van der Waals surface area (Å²) in [6, 6.07) is 1.48. The summed E-state index contributed by atoms with van der Waals surface area (Å²) in [5.74, 6) is -1.82. The molecule has 2 atom stereocenters. The Morgan fingerprint density at radius 1 is 1.35 bits per heavy atom. The lowest BCUT2D eigenvalue weighted by molar-refractivity contribution is -0.118. The Kier molecular flexibility index (Phi) is 4.86. The van der Waals surface area contributed by atoms with Crippen LogP contribution in [0.2, 0.25) is 5.02 Å². The van der Waals surface area contributed by atoms with Gasteiger partial charge in [-0.05, 0) is 26.8 Å². The zero-order valence-electron chi connectivity index (χ0n) is 17.4. The summed E-state index contributed by atoms with van der Waals surface area (Å²) in [6.45, 7) is 6.62. The maximum Gasteiger partial charge on any atom is 0.249 e. The molecule has 2 aromatic rings. The van der Waals surface area contributed by atoms with Crippen LogP contribution in [-0.2, 0) is 10.4 Å². The van der Waals surface area contributed by atoms with Crippen molar-refractivity contribution < 1.29 is 33.7 Å². The molecule has 0 fully saturated rings. The van der Waals surface area contributed by atoms with Gasteiger partial charge in [0.1, 0.15) is 22.7 Å². The van der Waals surface area contributed by atoms with Crippen LogP contribution in [-0.4, -0.2) is 44.2 Å². The second-order valence-electron chi connectivity index (χ2n) is 8.11. The highest BCUT2D eigenvalue weighted by Gasteiger charge is 2.59. The summed E-state index contributed by atoms with van der Waals surface area (Å²) >= 11 is 6.59. The summed E-state index contributed by atoms with van der Waals surface area (Å²) < 4.78 is 17.2. The summed E-state index contributed by atoms with van der Waals surface area (Å²) in [5, 5.41) is 28.5. The minimum atomic E-state index is -1.77. The average Bonchev–Trinajstić information content (AvgIpc) is 3.27. The molecule has 0 saturated carbocycles. The number of halogens is 1. The Morgan fingerprint density at radius 2 is 2.06 bits per heavy atom. The molecule has 0 unspecified atom stereocenters. The van der Waals surface area contributed by atoms with Crippen molar-refractivity contribution in [3.8, 4) is 23.0 Å². The van der Waals surface area contributed by atoms with Crippen LogP contribution in [0.15, 0.2) is 22.3 Å². The van der Waals surface area contributed by atoms with Crippen LogP contribution < -0.4 is 9.47 Å². The third-order valence-electron chi connectivity index (χ3n) is 5.37. The van der Waals surface area contributed by atoms with Gasteiger partial charge in [0, 0.05) is 18.4 Å². The molecule has 0 bridgehead atoms. The van der Waals surface area contributed by atoms with Gasteiger partial charge in [0.15, 0.2) is 11.5 Å². The number of hydrogen-bond donors (Lipinski definition) is 2. The highest BCUT2D eigenvalue weighted by atomic mass is 35.5. The van der Waals surface area contributed by atoms with E-state index in [0.717, 1.165) is 6.08 Å². The third kappa shape index (κ3) is 3.11. The van der Waals surface area contributed by atoms with E-state index >= 15 is 0 Å². The molecule has 2 N–H and O–H groups in total. The second-order valence-corrected chi connectivity index (χ2v) is 8.49. The number of Topliss-reactive ketones (excluding diaryl/α,β-unsaturated/α-hetero) is 1. The maximum atomic E-state index is 13.5. The first-order chi connectivity index (χ1) is 14.5. The number of ketones is 2. The Bertz CT molecular complexity index is 1130. The lowest BCUT2D eigenvalue weighted by Crippen LogP contribution is -2.51. The molecule has 1 aliphatic heterocycles. The molecule has 31 heavy (non-hydrogen) atoms. The van der Waals surface area contributed by atoms with Crippen molar-refractivity contribution >= 4 is 23.2 Å². The molecular weight excluding hydrogens is 428 g/mol. The molecule has 1 aliphatic carbocycles. The van der Waals surface area contributed by atoms with Crippen molar-refractivity contribution in [3.05, 3.63) is 34.4 Å². The van der Waals surface area contributed by atoms with Crippen molar-refractivity contribution in [1.82, 2.24) is 10.2 Å². The molecule has 1 aromatic heterocycles. The van der Waals surface area contributed by atoms with Crippen LogP contribution in [0.4, 0.5) is 0 Å². The van der Waals surface area contributed by atoms with Gasteiger partial charge >= 0.3 is 0 Å². The fourth-order valence-electron chi connectivity index (χ4n) is 3.83. The fraction of sp³-hybridized carbons (Fsp3) is 0.429. The van der Waals surface area contributed by atoms with E-state index < -0.39 is 28.7 Å². The number of fused-ring (bicyclic) bond motifs is 1. The van der Waals surface area contributed by atoms with Crippen LogP contribution in [0.5, 0.6) is 11.5 Å². The van der Waals surface area contributed by atoms with Gasteiger partial charge in [-0.15, -0.1) is 10.2 Å². The average molecular weight is 449 g/mol. The number of ether oxygens (including phenoxy) is 2. The van der Waals surface area contributed by atoms with E-state index in [0.29, 0.717) is 0 Å². The van der Waals surface area contributed by atoms with Crippen LogP contribution in [0, 0.1) is 5.92 Å². The highest BCUT2D eigenvalue weighted by molar-refractivity contribution is 6.36. The number of aliphatic hydroxyl groups excluding tert-OH is 1. The number of aromatic nitrogens is 2. The topological polar surface area (TPSA) is 132 Å². The van der Waals surface area contributed by atoms with E-state index in [-0.39, 0.29) is 58.2 Å². The van der Waals surface area contributed by atoms with Crippen LogP contribution in [0.25, 0.3) is 11.5 Å². The van der Waals surface area contributed by atoms with Crippen molar-refractivity contribution in [1.29, 1.82) is 0 Å². The summed E-state index contributed by atoms with van der Waals surface area (Å²) in [4.78, 5) is 25.3. The molecule has 0 radical (unpaired) electrons. The first-order valence-electron chi connectivity index (χ1n) is 9.74. The first kappa shape index (κ1) is 21.3. The van der Waals surface area contributed by atoms with E-state index in [1.807, 2.05) is 0 Å². The fourth-order valence-corrected chi connectivity index (χ4v) is 4.10. The molecule has 9 nitrogen and oxygen atoms in total. The van der Waals surface area contributed by atoms with E-state index in [9.17, 15) is 19.8 Å². The summed E-state index contributed by atoms with van der Waals surface area (Å²) in [7, 11) is 0. The van der Waals surface area contributed by atoms with Crippen molar-refractivity contribution in [3.63, 3.8) is 0 Å². The van der Waals surface area contributed by atoms with Gasteiger partial charge in [-0.2, -0.15) is 0 Å². The number of nitrogens with zero attached hydrogens (tertiary/aromatic N) is 2. The number of allylic oxidation sites excluding steroid dienone is 1. The molecule has 2 heterocycles. The van der Waals surface area contributed by atoms with Crippen LogP contribution >= 0.6 is 11.6 Å². The standard InChI is InChI=1S/C21H21ClN2O7/c1-5-29-12-8-11(18-23-24-19(30-18)20(3,4)28)15(22)16-14(12)17(27)21(31-16)9(2)6-10(25)7-13(21)26/h7-9,26,28H,5-6H2,1-4H3/t9-,21+/m1/s1. The second kappa shape index (κ2) is 7.06. The number of aliphatic hydroxyl groups is 2. The lowest BCUT2D eigenvalue weighted by atomic mass is 9.75. The molecule has 1 aromatic carbocycles. The summed E-state index contributed by atoms with van der Waals surface area (Å²) in [6.07, 6.45) is 1.03. The van der Waals surface area contributed by atoms with Gasteiger partial charge in [0.2, 0.25) is 23.2 Å². The van der Waals surface area contributed by atoms with Crippen LogP contribution in [0.3, 0.4) is 0 Å². The SMILES string of the molecule is CCOc1cc(-c2nnc(C(C)(C)O)o2)c(Cl)c2c1C(=O)[C@@]1(O2)C(O)=CC(=O)C[C@H]1C. The Labute approximate surface area is 182 Å². The van der Waals surface area contributed by atoms with Gasteiger partial charge in [0.25, 0.3) is 0 Å². The number of rotatable bonds is 4. The monoisotopic (exact) mass is 448 g/mol. The van der Waals surface area contributed by atoms with Gasteiger partial charge in [0.05, 0.1) is 17.2 Å². The predicted molar refractivity (Wildman–Crippen MR) is 108 cm³/mol. The summed E-state index contributed by atoms with van der Waals surface area (Å²) in [5.41, 5.74) is -2.83. The first-order valence-corrected chi connectivity index (χ1v) is 10.1. The third-order valence-corrected chi connectivity index (χ3v) is 5.75. The number of hydrogen-bond acceptors (Lipinski definition) is 9. The van der Waals surface area contributed by atoms with E-state index in [1.54, 1.807) is 13.8 Å². The van der Waals surface area contributed by atoms with Gasteiger partial charge < -0.3 is 24.1 Å². The molecule has 10 heteroatoms. The molecule has 4 rings (SSSR count). The highest BCUT2D eigenvalue weighted by Crippen LogP contribution is 2.53. The quantitative estimate of drug-likeness (QED) is 0.722. The Balaban J connectivity index is 1.91. The van der Waals surface area contributed by atoms with Gasteiger partial charge in [-0.25, -0.2) is 0 Å². The molecule has 0 amide bonds. The lowest BCUT2D eigenvalue weighted by Gasteiger charge is -2.34. The number of benzene rings is 1. The zero-order valence-corrected chi connectivity index (χ0v) is 18.1. The smallest absolute Gasteiger partial charge is 0.249 e. The van der Waals surface area contributed by atoms with Crippen molar-refractivity contribution in [2.75, 3.05) is 6.61 Å². The van der Waals surface area contributed by atoms with Gasteiger partial charge in [-0.3, -0.25) is 9.59 Å². The van der Waals surface area contributed by atoms with E-state index in [2.05, 4.69) is 10.2 Å². The molecule has 164 valence electrons. The normalized spacial score (nSPS) is 23.0. The van der Waals surface area contributed by atoms with Crippen LogP contribution in [0.1, 0.15) is 50.4 Å². The number of carbonyl (C=O) groups excluding carboxylic acids is 2. The molecule has 1 spiro atoms. The van der Waals surface area contributed by atoms with Crippen molar-refractivity contribution in [2.45, 2.75) is 45.3 Å².